The first-order valence-corrected chi connectivity index (χ1v) is 11.7. The molecule has 0 heterocycles. The van der Waals surface area contributed by atoms with Gasteiger partial charge in [-0.2, -0.15) is 11.8 Å². The van der Waals surface area contributed by atoms with Gasteiger partial charge in [0, 0.05) is 37.7 Å². The van der Waals surface area contributed by atoms with Gasteiger partial charge in [0.25, 0.3) is 5.91 Å². The fraction of sp³-hybridized carbons (Fsp3) is 0.381. The Morgan fingerprint density at radius 3 is 2.32 bits per heavy atom. The van der Waals surface area contributed by atoms with Crippen LogP contribution in [0.25, 0.3) is 0 Å². The lowest BCUT2D eigenvalue weighted by Crippen LogP contribution is -2.27. The second kappa shape index (κ2) is 9.58. The molecule has 0 fully saturated rings. The fourth-order valence-corrected chi connectivity index (χ4v) is 4.67. The Morgan fingerprint density at radius 1 is 1.07 bits per heavy atom. The zero-order valence-electron chi connectivity index (χ0n) is 17.1. The maximum absolute atomic E-state index is 12.5. The molecule has 0 radical (unpaired) electrons. The van der Waals surface area contributed by atoms with E-state index in [2.05, 4.69) is 36.5 Å². The Labute approximate surface area is 172 Å². The van der Waals surface area contributed by atoms with Crippen molar-refractivity contribution in [3.8, 4) is 0 Å². The van der Waals surface area contributed by atoms with Crippen LogP contribution in [-0.4, -0.2) is 45.0 Å². The Kier molecular flexibility index (Phi) is 7.69. The molecule has 7 heteroatoms. The van der Waals surface area contributed by atoms with Crippen LogP contribution in [0.15, 0.2) is 41.3 Å². The summed E-state index contributed by atoms with van der Waals surface area (Å²) >= 11 is 1.75. The van der Waals surface area contributed by atoms with Gasteiger partial charge in [0.05, 0.1) is 4.90 Å². The van der Waals surface area contributed by atoms with E-state index >= 15 is 0 Å². The molecule has 0 bridgehead atoms. The third-order valence-electron chi connectivity index (χ3n) is 4.56. The molecule has 2 rings (SSSR count). The predicted octanol–water partition coefficient (Wildman–Crippen LogP) is 3.53. The average Bonchev–Trinajstić information content (AvgIpc) is 2.64. The predicted molar refractivity (Wildman–Crippen MR) is 116 cm³/mol. The summed E-state index contributed by atoms with van der Waals surface area (Å²) in [7, 11) is -0.623. The molecule has 0 atom stereocenters. The second-order valence-electron chi connectivity index (χ2n) is 7.00. The summed E-state index contributed by atoms with van der Waals surface area (Å²) in [5.41, 5.74) is 4.31. The van der Waals surface area contributed by atoms with Crippen molar-refractivity contribution in [2.45, 2.75) is 31.4 Å². The summed E-state index contributed by atoms with van der Waals surface area (Å²) in [4.78, 5) is 12.7. The molecule has 1 amide bonds. The van der Waals surface area contributed by atoms with Gasteiger partial charge < -0.3 is 5.32 Å². The van der Waals surface area contributed by atoms with Crippen molar-refractivity contribution < 1.29 is 13.2 Å². The monoisotopic (exact) mass is 420 g/mol. The van der Waals surface area contributed by atoms with Crippen molar-refractivity contribution in [1.82, 2.24) is 9.62 Å². The standard InChI is InChI=1S/C21H28N2O3S2/c1-15-6-8-18(9-7-15)14-27-11-10-22-21(24)19-12-16(2)17(3)20(13-19)28(25,26)23(4)5/h6-9,12-13H,10-11,14H2,1-5H3,(H,22,24). The lowest BCUT2D eigenvalue weighted by molar-refractivity contribution is 0.0956. The smallest absolute Gasteiger partial charge is 0.251 e. The highest BCUT2D eigenvalue weighted by Gasteiger charge is 2.22. The van der Waals surface area contributed by atoms with Crippen LogP contribution in [0.2, 0.25) is 0 Å². The van der Waals surface area contributed by atoms with Crippen LogP contribution in [0.3, 0.4) is 0 Å². The Morgan fingerprint density at radius 2 is 1.71 bits per heavy atom. The third-order valence-corrected chi connectivity index (χ3v) is 7.53. The van der Waals surface area contributed by atoms with Gasteiger partial charge in [-0.1, -0.05) is 29.8 Å². The van der Waals surface area contributed by atoms with E-state index in [-0.39, 0.29) is 10.8 Å². The van der Waals surface area contributed by atoms with Crippen molar-refractivity contribution in [2.75, 3.05) is 26.4 Å². The van der Waals surface area contributed by atoms with E-state index in [0.717, 1.165) is 21.4 Å². The van der Waals surface area contributed by atoms with Crippen LogP contribution in [0, 0.1) is 20.8 Å². The zero-order valence-corrected chi connectivity index (χ0v) is 18.7. The van der Waals surface area contributed by atoms with Crippen molar-refractivity contribution in [2.24, 2.45) is 0 Å². The molecule has 0 aliphatic heterocycles. The van der Waals surface area contributed by atoms with E-state index in [1.807, 2.05) is 6.92 Å². The molecule has 152 valence electrons. The maximum Gasteiger partial charge on any atom is 0.251 e. The number of hydrogen-bond donors (Lipinski definition) is 1. The van der Waals surface area contributed by atoms with Crippen LogP contribution >= 0.6 is 11.8 Å². The normalized spacial score (nSPS) is 11.6. The number of amides is 1. The lowest BCUT2D eigenvalue weighted by Gasteiger charge is -2.16. The minimum atomic E-state index is -3.60. The largest absolute Gasteiger partial charge is 0.351 e. The Bertz CT molecular complexity index is 937. The minimum Gasteiger partial charge on any atom is -0.351 e. The number of hydrogen-bond acceptors (Lipinski definition) is 4. The highest BCUT2D eigenvalue weighted by molar-refractivity contribution is 7.98. The number of carbonyl (C=O) groups excluding carboxylic acids is 1. The number of benzene rings is 2. The van der Waals surface area contributed by atoms with Gasteiger partial charge in [0.2, 0.25) is 10.0 Å². The van der Waals surface area contributed by atoms with Crippen molar-refractivity contribution >= 4 is 27.7 Å². The molecule has 0 unspecified atom stereocenters. The van der Waals surface area contributed by atoms with Crippen LogP contribution in [0.5, 0.6) is 0 Å². The quantitative estimate of drug-likeness (QED) is 0.664. The van der Waals surface area contributed by atoms with Crippen molar-refractivity contribution in [3.63, 3.8) is 0 Å². The molecular formula is C21H28N2O3S2. The first kappa shape index (κ1) is 22.5. The molecular weight excluding hydrogens is 392 g/mol. The molecule has 28 heavy (non-hydrogen) atoms. The van der Waals surface area contributed by atoms with Gasteiger partial charge in [0.1, 0.15) is 0 Å². The molecule has 5 nitrogen and oxygen atoms in total. The second-order valence-corrected chi connectivity index (χ2v) is 10.2. The first-order chi connectivity index (χ1) is 13.1. The van der Waals surface area contributed by atoms with Gasteiger partial charge >= 0.3 is 0 Å². The van der Waals surface area contributed by atoms with Gasteiger partial charge in [-0.05, 0) is 49.6 Å². The molecule has 1 N–H and O–H groups in total. The maximum atomic E-state index is 12.5. The molecule has 0 saturated carbocycles. The van der Waals surface area contributed by atoms with Crippen LogP contribution in [0.4, 0.5) is 0 Å². The Hall–Kier alpha value is -1.83. The summed E-state index contributed by atoms with van der Waals surface area (Å²) in [6, 6.07) is 11.6. The molecule has 0 aliphatic rings. The van der Waals surface area contributed by atoms with E-state index in [1.165, 1.54) is 31.3 Å². The molecule has 0 saturated heterocycles. The molecule has 2 aromatic carbocycles. The van der Waals surface area contributed by atoms with Gasteiger partial charge in [-0.3, -0.25) is 4.79 Å². The van der Waals surface area contributed by atoms with E-state index in [0.29, 0.717) is 17.7 Å². The summed E-state index contributed by atoms with van der Waals surface area (Å²) in [5, 5.41) is 2.88. The number of sulfonamides is 1. The van der Waals surface area contributed by atoms with Crippen LogP contribution in [-0.2, 0) is 15.8 Å². The van der Waals surface area contributed by atoms with Crippen LogP contribution in [0.1, 0.15) is 32.6 Å². The van der Waals surface area contributed by atoms with Gasteiger partial charge in [0.15, 0.2) is 0 Å². The number of aryl methyl sites for hydroxylation is 2. The topological polar surface area (TPSA) is 66.5 Å². The summed E-state index contributed by atoms with van der Waals surface area (Å²) < 4.78 is 26.2. The van der Waals surface area contributed by atoms with Crippen LogP contribution < -0.4 is 5.32 Å². The molecule has 0 aromatic heterocycles. The number of carbonyl (C=O) groups is 1. The third kappa shape index (κ3) is 5.59. The van der Waals surface area contributed by atoms with E-state index in [9.17, 15) is 13.2 Å². The highest BCUT2D eigenvalue weighted by atomic mass is 32.2. The van der Waals surface area contributed by atoms with E-state index < -0.39 is 10.0 Å². The van der Waals surface area contributed by atoms with Gasteiger partial charge in [-0.25, -0.2) is 12.7 Å². The summed E-state index contributed by atoms with van der Waals surface area (Å²) in [6.45, 7) is 6.17. The van der Waals surface area contributed by atoms with E-state index in [4.69, 9.17) is 0 Å². The highest BCUT2D eigenvalue weighted by Crippen LogP contribution is 2.23. The SMILES string of the molecule is Cc1ccc(CSCCNC(=O)c2cc(C)c(C)c(S(=O)(=O)N(C)C)c2)cc1. The van der Waals surface area contributed by atoms with Crippen molar-refractivity contribution in [3.05, 3.63) is 64.2 Å². The average molecular weight is 421 g/mol. The fourth-order valence-electron chi connectivity index (χ4n) is 2.64. The first-order valence-electron chi connectivity index (χ1n) is 9.08. The number of rotatable bonds is 8. The van der Waals surface area contributed by atoms with E-state index in [1.54, 1.807) is 24.8 Å². The number of nitrogens with zero attached hydrogens (tertiary/aromatic N) is 1. The Balaban J connectivity index is 1.97. The molecule has 2 aromatic rings. The molecule has 0 spiro atoms. The minimum absolute atomic E-state index is 0.177. The number of nitrogens with one attached hydrogen (secondary N) is 1. The zero-order chi connectivity index (χ0) is 20.9. The lowest BCUT2D eigenvalue weighted by atomic mass is 10.1. The van der Waals surface area contributed by atoms with Crippen molar-refractivity contribution in [1.29, 1.82) is 0 Å². The number of thioether (sulfide) groups is 1. The summed E-state index contributed by atoms with van der Waals surface area (Å²) in [5.74, 6) is 1.42. The summed E-state index contributed by atoms with van der Waals surface area (Å²) in [6.07, 6.45) is 0. The molecule has 0 aliphatic carbocycles. The van der Waals surface area contributed by atoms with Gasteiger partial charge in [-0.15, -0.1) is 0 Å².